The highest BCUT2D eigenvalue weighted by atomic mass is 32.2. The van der Waals surface area contributed by atoms with Crippen molar-refractivity contribution >= 4 is 34.1 Å². The number of hydrogen-bond acceptors (Lipinski definition) is 6. The molecule has 0 bridgehead atoms. The predicted octanol–water partition coefficient (Wildman–Crippen LogP) is 4.72. The topological polar surface area (TPSA) is 60.5 Å². The molecule has 138 valence electrons. The van der Waals surface area contributed by atoms with Crippen LogP contribution in [-0.4, -0.2) is 23.4 Å². The molecule has 2 heterocycles. The van der Waals surface area contributed by atoms with Gasteiger partial charge in [-0.25, -0.2) is 4.98 Å². The molecule has 3 aromatic rings. The van der Waals surface area contributed by atoms with E-state index in [9.17, 15) is 4.79 Å². The average Bonchev–Trinajstić information content (AvgIpc) is 3.30. The molecule has 1 amide bonds. The Balaban J connectivity index is 1.31. The molecule has 1 N–H and O–H groups in total. The van der Waals surface area contributed by atoms with E-state index in [0.717, 1.165) is 28.5 Å². The molecule has 7 heteroatoms. The van der Waals surface area contributed by atoms with Gasteiger partial charge in [0.2, 0.25) is 12.7 Å². The summed E-state index contributed by atoms with van der Waals surface area (Å²) in [6.07, 6.45) is 0. The minimum absolute atomic E-state index is 0.0424. The number of carbonyl (C=O) groups is 1. The quantitative estimate of drug-likeness (QED) is 0.651. The number of hydrogen-bond donors (Lipinski definition) is 1. The van der Waals surface area contributed by atoms with Crippen molar-refractivity contribution in [2.75, 3.05) is 17.9 Å². The van der Waals surface area contributed by atoms with Gasteiger partial charge in [0, 0.05) is 16.7 Å². The highest BCUT2D eigenvalue weighted by Crippen LogP contribution is 2.36. The second-order valence-electron chi connectivity index (χ2n) is 6.14. The van der Waals surface area contributed by atoms with Crippen LogP contribution in [0, 0.1) is 6.92 Å². The summed E-state index contributed by atoms with van der Waals surface area (Å²) in [6, 6.07) is 14.0. The molecule has 0 saturated carbocycles. The van der Waals surface area contributed by atoms with Gasteiger partial charge < -0.3 is 14.8 Å². The van der Waals surface area contributed by atoms with E-state index >= 15 is 0 Å². The Morgan fingerprint density at radius 3 is 3.00 bits per heavy atom. The van der Waals surface area contributed by atoms with Crippen LogP contribution in [0.15, 0.2) is 47.8 Å². The van der Waals surface area contributed by atoms with Crippen molar-refractivity contribution < 1.29 is 14.3 Å². The first-order valence-electron chi connectivity index (χ1n) is 8.46. The number of thiazole rings is 1. The molecule has 2 aromatic carbocycles. The molecule has 0 saturated heterocycles. The number of ether oxygens (including phenoxy) is 2. The van der Waals surface area contributed by atoms with Crippen LogP contribution in [-0.2, 0) is 10.5 Å². The van der Waals surface area contributed by atoms with Gasteiger partial charge in [0.1, 0.15) is 0 Å². The number of benzene rings is 2. The summed E-state index contributed by atoms with van der Waals surface area (Å²) < 4.78 is 10.7. The monoisotopic (exact) mass is 398 g/mol. The summed E-state index contributed by atoms with van der Waals surface area (Å²) in [7, 11) is 0. The number of rotatable bonds is 6. The SMILES string of the molecule is Cc1cccc(CSCC(=O)Nc2nc(-c3ccc4c(c3)OCO4)cs2)c1. The second-order valence-corrected chi connectivity index (χ2v) is 7.98. The summed E-state index contributed by atoms with van der Waals surface area (Å²) in [4.78, 5) is 16.7. The van der Waals surface area contributed by atoms with Crippen LogP contribution in [0.3, 0.4) is 0 Å². The number of thioether (sulfide) groups is 1. The lowest BCUT2D eigenvalue weighted by Crippen LogP contribution is -2.13. The molecule has 4 rings (SSSR count). The number of anilines is 1. The number of aromatic nitrogens is 1. The Kier molecular flexibility index (Phi) is 5.31. The van der Waals surface area contributed by atoms with Crippen molar-refractivity contribution in [3.63, 3.8) is 0 Å². The Labute approximate surface area is 165 Å². The highest BCUT2D eigenvalue weighted by molar-refractivity contribution is 7.99. The van der Waals surface area contributed by atoms with Gasteiger partial charge >= 0.3 is 0 Å². The van der Waals surface area contributed by atoms with E-state index < -0.39 is 0 Å². The Morgan fingerprint density at radius 1 is 1.22 bits per heavy atom. The Hall–Kier alpha value is -2.51. The van der Waals surface area contributed by atoms with Crippen molar-refractivity contribution in [2.24, 2.45) is 0 Å². The van der Waals surface area contributed by atoms with Gasteiger partial charge in [-0.3, -0.25) is 4.79 Å². The normalized spacial score (nSPS) is 12.2. The fourth-order valence-electron chi connectivity index (χ4n) is 2.74. The van der Waals surface area contributed by atoms with Gasteiger partial charge in [-0.2, -0.15) is 0 Å². The maximum Gasteiger partial charge on any atom is 0.236 e. The van der Waals surface area contributed by atoms with Gasteiger partial charge in [-0.1, -0.05) is 29.8 Å². The van der Waals surface area contributed by atoms with Crippen molar-refractivity contribution in [3.8, 4) is 22.8 Å². The molecule has 1 aliphatic rings. The van der Waals surface area contributed by atoms with Crippen molar-refractivity contribution in [3.05, 3.63) is 59.0 Å². The zero-order valence-corrected chi connectivity index (χ0v) is 16.4. The number of carbonyl (C=O) groups excluding carboxylic acids is 1. The van der Waals surface area contributed by atoms with Crippen LogP contribution < -0.4 is 14.8 Å². The minimum atomic E-state index is -0.0424. The smallest absolute Gasteiger partial charge is 0.236 e. The summed E-state index contributed by atoms with van der Waals surface area (Å²) in [5.41, 5.74) is 4.20. The lowest BCUT2D eigenvalue weighted by atomic mass is 10.1. The number of nitrogens with zero attached hydrogens (tertiary/aromatic N) is 1. The van der Waals surface area contributed by atoms with Crippen LogP contribution in [0.25, 0.3) is 11.3 Å². The predicted molar refractivity (Wildman–Crippen MR) is 110 cm³/mol. The van der Waals surface area contributed by atoms with E-state index in [4.69, 9.17) is 9.47 Å². The van der Waals surface area contributed by atoms with E-state index in [-0.39, 0.29) is 12.7 Å². The fraction of sp³-hybridized carbons (Fsp3) is 0.200. The summed E-state index contributed by atoms with van der Waals surface area (Å²) >= 11 is 3.01. The van der Waals surface area contributed by atoms with E-state index in [0.29, 0.717) is 10.9 Å². The van der Waals surface area contributed by atoms with Gasteiger partial charge in [0.25, 0.3) is 0 Å². The van der Waals surface area contributed by atoms with Crippen LogP contribution in [0.2, 0.25) is 0 Å². The van der Waals surface area contributed by atoms with Crippen LogP contribution in [0.1, 0.15) is 11.1 Å². The Morgan fingerprint density at radius 2 is 2.11 bits per heavy atom. The third-order valence-electron chi connectivity index (χ3n) is 4.00. The maximum atomic E-state index is 12.2. The first-order valence-corrected chi connectivity index (χ1v) is 10.5. The van der Waals surface area contributed by atoms with Crippen LogP contribution in [0.5, 0.6) is 11.5 Å². The van der Waals surface area contributed by atoms with Crippen molar-refractivity contribution in [2.45, 2.75) is 12.7 Å². The summed E-state index contributed by atoms with van der Waals surface area (Å²) in [5, 5.41) is 5.40. The molecular formula is C20H18N2O3S2. The largest absolute Gasteiger partial charge is 0.454 e. The van der Waals surface area contributed by atoms with E-state index in [2.05, 4.69) is 35.4 Å². The lowest BCUT2D eigenvalue weighted by Gasteiger charge is -2.03. The molecule has 5 nitrogen and oxygen atoms in total. The fourth-order valence-corrected chi connectivity index (χ4v) is 4.25. The molecule has 0 spiro atoms. The summed E-state index contributed by atoms with van der Waals surface area (Å²) in [6.45, 7) is 2.32. The van der Waals surface area contributed by atoms with Crippen LogP contribution >= 0.6 is 23.1 Å². The molecule has 0 radical (unpaired) electrons. The van der Waals surface area contributed by atoms with Crippen LogP contribution in [0.4, 0.5) is 5.13 Å². The van der Waals surface area contributed by atoms with Gasteiger partial charge in [0.15, 0.2) is 16.6 Å². The van der Waals surface area contributed by atoms with Crippen molar-refractivity contribution in [1.82, 2.24) is 4.98 Å². The van der Waals surface area contributed by atoms with E-state index in [1.807, 2.05) is 29.6 Å². The van der Waals surface area contributed by atoms with E-state index in [1.165, 1.54) is 22.5 Å². The maximum absolute atomic E-state index is 12.2. The van der Waals surface area contributed by atoms with E-state index in [1.54, 1.807) is 11.8 Å². The Bertz CT molecular complexity index is 971. The first-order chi connectivity index (χ1) is 13.2. The third-order valence-corrected chi connectivity index (χ3v) is 5.76. The third kappa shape index (κ3) is 4.43. The number of aryl methyl sites for hydroxylation is 1. The molecule has 1 aliphatic heterocycles. The van der Waals surface area contributed by atoms with Crippen molar-refractivity contribution in [1.29, 1.82) is 0 Å². The van der Waals surface area contributed by atoms with Gasteiger partial charge in [0.05, 0.1) is 11.4 Å². The molecule has 0 aliphatic carbocycles. The first kappa shape index (κ1) is 17.9. The van der Waals surface area contributed by atoms with Gasteiger partial charge in [-0.05, 0) is 30.7 Å². The number of fused-ring (bicyclic) bond motifs is 1. The number of nitrogens with one attached hydrogen (secondary N) is 1. The lowest BCUT2D eigenvalue weighted by molar-refractivity contribution is -0.113. The molecule has 0 fully saturated rings. The minimum Gasteiger partial charge on any atom is -0.454 e. The molecule has 0 atom stereocenters. The molecule has 0 unspecified atom stereocenters. The zero-order valence-electron chi connectivity index (χ0n) is 14.7. The molecule has 1 aromatic heterocycles. The number of amides is 1. The van der Waals surface area contributed by atoms with Gasteiger partial charge in [-0.15, -0.1) is 23.1 Å². The molecule has 27 heavy (non-hydrogen) atoms. The highest BCUT2D eigenvalue weighted by Gasteiger charge is 2.15. The standard InChI is InChI=1S/C20H18N2O3S2/c1-13-3-2-4-14(7-13)9-26-11-19(23)22-20-21-16(10-27-20)15-5-6-17-18(8-15)25-12-24-17/h2-8,10H,9,11-12H2,1H3,(H,21,22,23). The zero-order chi connectivity index (χ0) is 18.6. The second kappa shape index (κ2) is 8.02. The molecular weight excluding hydrogens is 380 g/mol. The average molecular weight is 399 g/mol. The summed E-state index contributed by atoms with van der Waals surface area (Å²) in [5.74, 6) is 2.63.